The molecule has 3 aliphatic rings. The zero-order valence-electron chi connectivity index (χ0n) is 16.2. The molecule has 0 bridgehead atoms. The number of nitrogens with one attached hydrogen (secondary N) is 1. The van der Waals surface area contributed by atoms with Crippen molar-refractivity contribution < 1.29 is 18.5 Å². The van der Waals surface area contributed by atoms with Crippen molar-refractivity contribution in [2.75, 3.05) is 19.0 Å². The zero-order chi connectivity index (χ0) is 19.2. The lowest BCUT2D eigenvalue weighted by atomic mass is 10.0. The monoisotopic (exact) mass is 396 g/mol. The average Bonchev–Trinajstić information content (AvgIpc) is 3.12. The summed E-state index contributed by atoms with van der Waals surface area (Å²) in [4.78, 5) is 14.4. The van der Waals surface area contributed by atoms with E-state index in [1.54, 1.807) is 4.09 Å². The predicted octanol–water partition coefficient (Wildman–Crippen LogP) is 1.34. The Labute approximate surface area is 162 Å². The van der Waals surface area contributed by atoms with E-state index in [1.807, 2.05) is 20.8 Å². The number of rotatable bonds is 2. The molecule has 4 rings (SSSR count). The number of aromatic nitrogens is 2. The van der Waals surface area contributed by atoms with Crippen molar-refractivity contribution in [3.05, 3.63) is 17.0 Å². The van der Waals surface area contributed by atoms with Crippen LogP contribution in [0, 0.1) is 0 Å². The van der Waals surface area contributed by atoms with Gasteiger partial charge in [0, 0.05) is 30.4 Å². The molecule has 3 unspecified atom stereocenters. The van der Waals surface area contributed by atoms with Crippen molar-refractivity contribution in [1.29, 1.82) is 0 Å². The van der Waals surface area contributed by atoms with Gasteiger partial charge in [0.2, 0.25) is 0 Å². The first-order chi connectivity index (χ1) is 12.8. The molecule has 3 aliphatic heterocycles. The lowest BCUT2D eigenvalue weighted by molar-refractivity contribution is -0.00819. The third kappa shape index (κ3) is 4.05. The number of amides is 1. The van der Waals surface area contributed by atoms with E-state index < -0.39 is 22.7 Å². The fourth-order valence-electron chi connectivity index (χ4n) is 4.04. The molecule has 1 aromatic heterocycles. The minimum atomic E-state index is -1.01. The van der Waals surface area contributed by atoms with Crippen LogP contribution in [-0.2, 0) is 40.0 Å². The Kier molecular flexibility index (Phi) is 5.02. The van der Waals surface area contributed by atoms with E-state index in [0.717, 1.165) is 43.7 Å². The first-order valence-corrected chi connectivity index (χ1v) is 10.9. The molecule has 1 saturated heterocycles. The van der Waals surface area contributed by atoms with Crippen LogP contribution in [0.15, 0.2) is 0 Å². The third-order valence-corrected chi connectivity index (χ3v) is 6.53. The highest BCUT2D eigenvalue weighted by atomic mass is 32.2. The molecule has 27 heavy (non-hydrogen) atoms. The molecule has 9 heteroatoms. The maximum atomic E-state index is 12.1. The van der Waals surface area contributed by atoms with Gasteiger partial charge in [-0.25, -0.2) is 9.00 Å². The van der Waals surface area contributed by atoms with Gasteiger partial charge in [-0.15, -0.1) is 0 Å². The molecule has 0 saturated carbocycles. The number of ether oxygens (including phenoxy) is 2. The molecule has 1 aromatic rings. The zero-order valence-corrected chi connectivity index (χ0v) is 17.0. The molecular weight excluding hydrogens is 368 g/mol. The summed E-state index contributed by atoms with van der Waals surface area (Å²) >= 11 is 0. The summed E-state index contributed by atoms with van der Waals surface area (Å²) in [7, 11) is -1.01. The molecule has 1 N–H and O–H groups in total. The Morgan fingerprint density at radius 3 is 2.93 bits per heavy atom. The van der Waals surface area contributed by atoms with E-state index >= 15 is 0 Å². The van der Waals surface area contributed by atoms with Crippen molar-refractivity contribution in [3.8, 4) is 0 Å². The van der Waals surface area contributed by atoms with Crippen molar-refractivity contribution in [2.24, 2.45) is 0 Å². The van der Waals surface area contributed by atoms with Crippen molar-refractivity contribution in [1.82, 2.24) is 19.4 Å². The molecule has 3 atom stereocenters. The predicted molar refractivity (Wildman–Crippen MR) is 101 cm³/mol. The molecular formula is C18H28N4O4S. The van der Waals surface area contributed by atoms with Crippen LogP contribution >= 0.6 is 0 Å². The van der Waals surface area contributed by atoms with Crippen LogP contribution in [0.3, 0.4) is 0 Å². The summed E-state index contributed by atoms with van der Waals surface area (Å²) < 4.78 is 25.0. The second kappa shape index (κ2) is 7.18. The highest BCUT2D eigenvalue weighted by Gasteiger charge is 2.36. The Bertz CT molecular complexity index is 757. The van der Waals surface area contributed by atoms with Gasteiger partial charge in [0.1, 0.15) is 16.6 Å². The summed E-state index contributed by atoms with van der Waals surface area (Å²) in [6.45, 7) is 8.28. The maximum Gasteiger partial charge on any atom is 0.407 e. The van der Waals surface area contributed by atoms with E-state index in [4.69, 9.17) is 9.47 Å². The van der Waals surface area contributed by atoms with Crippen molar-refractivity contribution >= 4 is 17.1 Å². The first kappa shape index (κ1) is 18.9. The number of hydrogen-bond donors (Lipinski definition) is 1. The fourth-order valence-corrected chi connectivity index (χ4v) is 5.24. The van der Waals surface area contributed by atoms with Gasteiger partial charge in [0.25, 0.3) is 0 Å². The average molecular weight is 397 g/mol. The number of carbonyl (C=O) groups excluding carboxylic acids is 1. The van der Waals surface area contributed by atoms with Gasteiger partial charge in [-0.1, -0.05) is 0 Å². The SMILES string of the molecule is CC(C)(C)OC(=O)NC1COCC(N2Cc3nn4c(c3C2)CCCS4=O)C1. The molecule has 8 nitrogen and oxygen atoms in total. The number of nitrogens with zero attached hydrogens (tertiary/aromatic N) is 3. The largest absolute Gasteiger partial charge is 0.444 e. The van der Waals surface area contributed by atoms with E-state index in [1.165, 1.54) is 5.56 Å². The van der Waals surface area contributed by atoms with Crippen molar-refractivity contribution in [2.45, 2.75) is 70.8 Å². The van der Waals surface area contributed by atoms with Crippen LogP contribution in [0.1, 0.15) is 50.6 Å². The lowest BCUT2D eigenvalue weighted by Gasteiger charge is -2.35. The van der Waals surface area contributed by atoms with Gasteiger partial charge in [0.15, 0.2) is 0 Å². The fraction of sp³-hybridized carbons (Fsp3) is 0.778. The second-order valence-electron chi connectivity index (χ2n) is 8.55. The van der Waals surface area contributed by atoms with Gasteiger partial charge in [-0.3, -0.25) is 4.90 Å². The van der Waals surface area contributed by atoms with Gasteiger partial charge < -0.3 is 14.8 Å². The van der Waals surface area contributed by atoms with E-state index in [2.05, 4.69) is 15.3 Å². The Morgan fingerprint density at radius 2 is 2.15 bits per heavy atom. The lowest BCUT2D eigenvalue weighted by Crippen LogP contribution is -2.50. The molecule has 1 amide bonds. The first-order valence-electron chi connectivity index (χ1n) is 9.60. The Hall–Kier alpha value is -1.45. The molecule has 150 valence electrons. The number of alkyl carbamates (subject to hydrolysis) is 1. The van der Waals surface area contributed by atoms with Crippen LogP contribution < -0.4 is 5.32 Å². The summed E-state index contributed by atoms with van der Waals surface area (Å²) in [5.74, 6) is 0.700. The standard InChI is InChI=1S/C18H28N4O4S/c1-18(2,3)26-17(23)19-12-7-13(11-25-10-12)21-8-14-15(9-21)20-22-16(14)5-4-6-27(22)24/h12-13H,4-11H2,1-3H3,(H,19,23). The van der Waals surface area contributed by atoms with Gasteiger partial charge in [-0.2, -0.15) is 9.19 Å². The highest BCUT2D eigenvalue weighted by molar-refractivity contribution is 7.83. The smallest absolute Gasteiger partial charge is 0.407 e. The summed E-state index contributed by atoms with van der Waals surface area (Å²) in [5, 5.41) is 7.54. The van der Waals surface area contributed by atoms with Gasteiger partial charge in [0.05, 0.1) is 30.6 Å². The minimum absolute atomic E-state index is 0.0580. The van der Waals surface area contributed by atoms with Crippen LogP contribution in [-0.4, -0.2) is 61.0 Å². The number of fused-ring (bicyclic) bond motifs is 3. The molecule has 0 aromatic carbocycles. The topological polar surface area (TPSA) is 85.7 Å². The second-order valence-corrected chi connectivity index (χ2v) is 9.95. The van der Waals surface area contributed by atoms with Gasteiger partial charge in [-0.05, 0) is 40.0 Å². The maximum absolute atomic E-state index is 12.1. The molecule has 1 fully saturated rings. The van der Waals surface area contributed by atoms with Crippen molar-refractivity contribution in [3.63, 3.8) is 0 Å². The quantitative estimate of drug-likeness (QED) is 0.812. The minimum Gasteiger partial charge on any atom is -0.444 e. The van der Waals surface area contributed by atoms with E-state index in [0.29, 0.717) is 19.0 Å². The van der Waals surface area contributed by atoms with Crippen LogP contribution in [0.5, 0.6) is 0 Å². The van der Waals surface area contributed by atoms with Gasteiger partial charge >= 0.3 is 6.09 Å². The molecule has 0 aliphatic carbocycles. The Morgan fingerprint density at radius 1 is 1.33 bits per heavy atom. The molecule has 0 spiro atoms. The summed E-state index contributed by atoms with van der Waals surface area (Å²) in [5.41, 5.74) is 2.91. The summed E-state index contributed by atoms with van der Waals surface area (Å²) in [6.07, 6.45) is 2.33. The van der Waals surface area contributed by atoms with E-state index in [-0.39, 0.29) is 12.1 Å². The molecule has 0 radical (unpaired) electrons. The van der Waals surface area contributed by atoms with Crippen LogP contribution in [0.4, 0.5) is 4.79 Å². The number of carbonyl (C=O) groups is 1. The van der Waals surface area contributed by atoms with Crippen LogP contribution in [0.2, 0.25) is 0 Å². The third-order valence-electron chi connectivity index (χ3n) is 5.20. The van der Waals surface area contributed by atoms with Crippen LogP contribution in [0.25, 0.3) is 0 Å². The normalized spacial score (nSPS) is 28.5. The number of hydrogen-bond acceptors (Lipinski definition) is 6. The summed E-state index contributed by atoms with van der Waals surface area (Å²) in [6, 6.07) is 0.167. The Balaban J connectivity index is 1.37. The van der Waals surface area contributed by atoms with E-state index in [9.17, 15) is 9.00 Å². The molecule has 4 heterocycles. The highest BCUT2D eigenvalue weighted by Crippen LogP contribution is 2.31.